The number of terminal acetylenes is 1. The van der Waals surface area contributed by atoms with Crippen LogP contribution in [0.2, 0.25) is 5.02 Å². The summed E-state index contributed by atoms with van der Waals surface area (Å²) in [6.07, 6.45) is 6.68. The Hall–Kier alpha value is -2.29. The van der Waals surface area contributed by atoms with E-state index >= 15 is 0 Å². The van der Waals surface area contributed by atoms with E-state index in [4.69, 9.17) is 22.8 Å². The summed E-state index contributed by atoms with van der Waals surface area (Å²) in [5.41, 5.74) is 3.59. The number of ether oxygens (including phenoxy) is 1. The molecule has 0 atom stereocenters. The number of carbonyl (C=O) groups is 1. The SMILES string of the molecule is C#CCOc1ccc(Br)cc1/C=N\NC(=O)c1ccc(Cl)cc1. The van der Waals surface area contributed by atoms with E-state index in [1.165, 1.54) is 6.21 Å². The van der Waals surface area contributed by atoms with Gasteiger partial charge >= 0.3 is 0 Å². The summed E-state index contributed by atoms with van der Waals surface area (Å²) < 4.78 is 6.28. The van der Waals surface area contributed by atoms with Gasteiger partial charge in [-0.3, -0.25) is 4.79 Å². The first-order valence-electron chi connectivity index (χ1n) is 6.55. The van der Waals surface area contributed by atoms with Gasteiger partial charge < -0.3 is 4.74 Å². The van der Waals surface area contributed by atoms with Crippen LogP contribution in [0.1, 0.15) is 15.9 Å². The Morgan fingerprint density at radius 1 is 1.35 bits per heavy atom. The fraction of sp³-hybridized carbons (Fsp3) is 0.0588. The molecule has 1 N–H and O–H groups in total. The van der Waals surface area contributed by atoms with Gasteiger partial charge in [0, 0.05) is 20.6 Å². The summed E-state index contributed by atoms with van der Waals surface area (Å²) >= 11 is 9.15. The van der Waals surface area contributed by atoms with Crippen molar-refractivity contribution < 1.29 is 9.53 Å². The smallest absolute Gasteiger partial charge is 0.271 e. The van der Waals surface area contributed by atoms with Crippen molar-refractivity contribution in [2.24, 2.45) is 5.10 Å². The number of carbonyl (C=O) groups excluding carboxylic acids is 1. The molecule has 0 aromatic heterocycles. The molecule has 0 aliphatic heterocycles. The Morgan fingerprint density at radius 3 is 2.78 bits per heavy atom. The number of rotatable bonds is 5. The topological polar surface area (TPSA) is 50.7 Å². The molecule has 2 rings (SSSR count). The van der Waals surface area contributed by atoms with Gasteiger partial charge in [0.25, 0.3) is 5.91 Å². The zero-order valence-corrected chi connectivity index (χ0v) is 14.3. The Bertz CT molecular complexity index is 767. The molecule has 0 aliphatic rings. The van der Waals surface area contributed by atoms with Crippen LogP contribution in [0.5, 0.6) is 5.75 Å². The van der Waals surface area contributed by atoms with E-state index in [1.54, 1.807) is 30.3 Å². The number of halogens is 2. The Labute approximate surface area is 147 Å². The number of hydrazone groups is 1. The van der Waals surface area contributed by atoms with Gasteiger partial charge in [-0.1, -0.05) is 33.5 Å². The second-order valence-corrected chi connectivity index (χ2v) is 5.73. The van der Waals surface area contributed by atoms with Gasteiger partial charge in [-0.05, 0) is 42.5 Å². The number of hydrogen-bond acceptors (Lipinski definition) is 3. The summed E-state index contributed by atoms with van der Waals surface area (Å²) in [5.74, 6) is 2.64. The number of benzene rings is 2. The van der Waals surface area contributed by atoms with E-state index < -0.39 is 0 Å². The summed E-state index contributed by atoms with van der Waals surface area (Å²) in [5, 5.41) is 4.50. The summed E-state index contributed by atoms with van der Waals surface area (Å²) in [6.45, 7) is 0.152. The Balaban J connectivity index is 2.07. The van der Waals surface area contributed by atoms with Crippen molar-refractivity contribution in [3.05, 3.63) is 63.1 Å². The van der Waals surface area contributed by atoms with Gasteiger partial charge in [0.05, 0.1) is 6.21 Å². The number of hydrogen-bond donors (Lipinski definition) is 1. The van der Waals surface area contributed by atoms with Crippen LogP contribution in [0.3, 0.4) is 0 Å². The van der Waals surface area contributed by atoms with E-state index in [0.29, 0.717) is 21.9 Å². The van der Waals surface area contributed by atoms with E-state index in [-0.39, 0.29) is 12.5 Å². The monoisotopic (exact) mass is 390 g/mol. The minimum absolute atomic E-state index is 0.152. The van der Waals surface area contributed by atoms with Gasteiger partial charge in [-0.15, -0.1) is 6.42 Å². The molecular formula is C17H12BrClN2O2. The highest BCUT2D eigenvalue weighted by Crippen LogP contribution is 2.21. The number of nitrogens with zero attached hydrogens (tertiary/aromatic N) is 1. The highest BCUT2D eigenvalue weighted by Gasteiger charge is 2.05. The predicted octanol–water partition coefficient (Wildman–Crippen LogP) is 3.88. The molecule has 4 nitrogen and oxygen atoms in total. The lowest BCUT2D eigenvalue weighted by atomic mass is 10.2. The van der Waals surface area contributed by atoms with Crippen molar-refractivity contribution in [1.82, 2.24) is 5.43 Å². The highest BCUT2D eigenvalue weighted by molar-refractivity contribution is 9.10. The lowest BCUT2D eigenvalue weighted by Gasteiger charge is -2.06. The standard InChI is InChI=1S/C17H12BrClN2O2/c1-2-9-23-16-8-5-14(18)10-13(16)11-20-21-17(22)12-3-6-15(19)7-4-12/h1,3-8,10-11H,9H2,(H,21,22)/b20-11-. The Kier molecular flexibility index (Phi) is 6.21. The third-order valence-electron chi connectivity index (χ3n) is 2.76. The van der Waals surface area contributed by atoms with E-state index in [9.17, 15) is 4.79 Å². The fourth-order valence-electron chi connectivity index (χ4n) is 1.70. The van der Waals surface area contributed by atoms with Gasteiger partial charge in [-0.25, -0.2) is 5.43 Å². The van der Waals surface area contributed by atoms with Crippen LogP contribution in [0.25, 0.3) is 0 Å². The maximum absolute atomic E-state index is 11.9. The molecular weight excluding hydrogens is 380 g/mol. The molecule has 6 heteroatoms. The van der Waals surface area contributed by atoms with Crippen LogP contribution in [0.4, 0.5) is 0 Å². The molecule has 2 aromatic rings. The normalized spacial score (nSPS) is 10.3. The molecule has 0 spiro atoms. The average Bonchev–Trinajstić information content (AvgIpc) is 2.54. The van der Waals surface area contributed by atoms with Gasteiger partial charge in [0.1, 0.15) is 12.4 Å². The molecule has 0 aliphatic carbocycles. The van der Waals surface area contributed by atoms with Crippen LogP contribution < -0.4 is 10.2 Å². The van der Waals surface area contributed by atoms with Crippen LogP contribution in [-0.4, -0.2) is 18.7 Å². The maximum Gasteiger partial charge on any atom is 0.271 e. The minimum atomic E-state index is -0.334. The molecule has 116 valence electrons. The first-order chi connectivity index (χ1) is 11.1. The molecule has 0 radical (unpaired) electrons. The molecule has 23 heavy (non-hydrogen) atoms. The zero-order chi connectivity index (χ0) is 16.7. The highest BCUT2D eigenvalue weighted by atomic mass is 79.9. The molecule has 0 heterocycles. The second-order valence-electron chi connectivity index (χ2n) is 4.38. The number of amides is 1. The molecule has 0 bridgehead atoms. The lowest BCUT2D eigenvalue weighted by molar-refractivity contribution is 0.0955. The van der Waals surface area contributed by atoms with Crippen molar-refractivity contribution in [2.45, 2.75) is 0 Å². The van der Waals surface area contributed by atoms with E-state index in [0.717, 1.165) is 4.47 Å². The van der Waals surface area contributed by atoms with Crippen LogP contribution >= 0.6 is 27.5 Å². The molecule has 1 amide bonds. The van der Waals surface area contributed by atoms with Crippen molar-refractivity contribution in [3.8, 4) is 18.1 Å². The minimum Gasteiger partial charge on any atom is -0.480 e. The molecule has 0 saturated heterocycles. The largest absolute Gasteiger partial charge is 0.480 e. The molecule has 0 unspecified atom stereocenters. The van der Waals surface area contributed by atoms with Gasteiger partial charge in [-0.2, -0.15) is 5.10 Å². The van der Waals surface area contributed by atoms with E-state index in [1.807, 2.05) is 12.1 Å². The molecule has 0 fully saturated rings. The van der Waals surface area contributed by atoms with Gasteiger partial charge in [0.2, 0.25) is 0 Å². The first-order valence-corrected chi connectivity index (χ1v) is 7.72. The third-order valence-corrected chi connectivity index (χ3v) is 3.50. The van der Waals surface area contributed by atoms with Crippen molar-refractivity contribution in [2.75, 3.05) is 6.61 Å². The first kappa shape index (κ1) is 17.1. The fourth-order valence-corrected chi connectivity index (χ4v) is 2.20. The summed E-state index contributed by atoms with van der Waals surface area (Å²) in [6, 6.07) is 11.9. The third kappa shape index (κ3) is 5.13. The van der Waals surface area contributed by atoms with Gasteiger partial charge in [0.15, 0.2) is 0 Å². The average molecular weight is 392 g/mol. The lowest BCUT2D eigenvalue weighted by Crippen LogP contribution is -2.17. The molecule has 2 aromatic carbocycles. The quantitative estimate of drug-likeness (QED) is 0.478. The van der Waals surface area contributed by atoms with Crippen molar-refractivity contribution in [3.63, 3.8) is 0 Å². The zero-order valence-electron chi connectivity index (χ0n) is 11.9. The van der Waals surface area contributed by atoms with Crippen LogP contribution in [0.15, 0.2) is 52.0 Å². The summed E-state index contributed by atoms with van der Waals surface area (Å²) in [4.78, 5) is 11.9. The van der Waals surface area contributed by atoms with Crippen LogP contribution in [-0.2, 0) is 0 Å². The van der Waals surface area contributed by atoms with Crippen LogP contribution in [0, 0.1) is 12.3 Å². The maximum atomic E-state index is 11.9. The van der Waals surface area contributed by atoms with Crippen molar-refractivity contribution in [1.29, 1.82) is 0 Å². The predicted molar refractivity (Wildman–Crippen MR) is 95.0 cm³/mol. The summed E-state index contributed by atoms with van der Waals surface area (Å²) in [7, 11) is 0. The second kappa shape index (κ2) is 8.37. The van der Waals surface area contributed by atoms with E-state index in [2.05, 4.69) is 32.4 Å². The Morgan fingerprint density at radius 2 is 2.09 bits per heavy atom. The number of nitrogens with one attached hydrogen (secondary N) is 1. The van der Waals surface area contributed by atoms with Crippen molar-refractivity contribution >= 4 is 39.7 Å². The molecule has 0 saturated carbocycles.